The van der Waals surface area contributed by atoms with Crippen molar-refractivity contribution < 1.29 is 84.0 Å². The number of alkyl halides is 6. The summed E-state index contributed by atoms with van der Waals surface area (Å²) in [6, 6.07) is -2.28. The first-order valence-electron chi connectivity index (χ1n) is 15.0. The molecular weight excluding hydrogens is 744 g/mol. The van der Waals surface area contributed by atoms with E-state index in [1.807, 2.05) is 0 Å². The molecule has 1 aliphatic heterocycles. The number of ether oxygens (including phenoxy) is 3. The summed E-state index contributed by atoms with van der Waals surface area (Å²) in [6.07, 6.45) is -9.64. The number of amides is 2. The number of carbonyl (C=O) groups is 8. The number of nitrogens with zero attached hydrogens (tertiary/aromatic N) is 1. The van der Waals surface area contributed by atoms with Crippen LogP contribution in [0.3, 0.4) is 0 Å². The van der Waals surface area contributed by atoms with Gasteiger partial charge in [-0.05, 0) is 47.5 Å². The number of piperidine rings is 1. The Morgan fingerprint density at radius 1 is 0.923 bits per heavy atom. The van der Waals surface area contributed by atoms with Gasteiger partial charge in [-0.15, -0.1) is 12.4 Å². The van der Waals surface area contributed by atoms with Gasteiger partial charge >= 0.3 is 30.4 Å². The molecule has 1 unspecified atom stereocenters. The summed E-state index contributed by atoms with van der Waals surface area (Å²) >= 11 is 0. The first-order valence-corrected chi connectivity index (χ1v) is 15.0. The van der Waals surface area contributed by atoms with E-state index in [-0.39, 0.29) is 62.9 Å². The number of hydrogen-bond acceptors (Lipinski definition) is 12. The maximum absolute atomic E-state index is 13.1. The molecule has 1 fully saturated rings. The van der Waals surface area contributed by atoms with E-state index >= 15 is 0 Å². The highest BCUT2D eigenvalue weighted by molar-refractivity contribution is 6.06. The van der Waals surface area contributed by atoms with Crippen molar-refractivity contribution in [2.24, 2.45) is 5.73 Å². The highest BCUT2D eigenvalue weighted by Crippen LogP contribution is 2.39. The van der Waals surface area contributed by atoms with Crippen LogP contribution in [0.2, 0.25) is 0 Å². The summed E-state index contributed by atoms with van der Waals surface area (Å²) in [4.78, 5) is 90.3. The number of carbonyl (C=O) groups excluding carboxylic acids is 7. The summed E-state index contributed by atoms with van der Waals surface area (Å²) in [6.45, 7) is 9.12. The van der Waals surface area contributed by atoms with Crippen molar-refractivity contribution >= 4 is 59.7 Å². The Balaban J connectivity index is 0. The maximum atomic E-state index is 13.1. The lowest BCUT2D eigenvalue weighted by molar-refractivity contribution is -0.176. The molecule has 0 aromatic carbocycles. The molecule has 15 nitrogen and oxygen atoms in total. The number of nitrogens with one attached hydrogen (secondary N) is 1. The van der Waals surface area contributed by atoms with Gasteiger partial charge in [-0.1, -0.05) is 0 Å². The van der Waals surface area contributed by atoms with Crippen LogP contribution in [0.15, 0.2) is 0 Å². The van der Waals surface area contributed by atoms with Crippen LogP contribution in [0.1, 0.15) is 99.3 Å². The predicted octanol–water partition coefficient (Wildman–Crippen LogP) is 4.36. The molecule has 1 aliphatic carbocycles. The summed E-state index contributed by atoms with van der Waals surface area (Å²) in [5.74, 6) is -6.77. The van der Waals surface area contributed by atoms with Crippen molar-refractivity contribution in [2.45, 2.75) is 97.6 Å². The molecule has 1 saturated heterocycles. The quantitative estimate of drug-likeness (QED) is 0.163. The van der Waals surface area contributed by atoms with Crippen LogP contribution in [-0.2, 0) is 50.8 Å². The van der Waals surface area contributed by atoms with E-state index in [2.05, 4.69) is 20.2 Å². The number of ketones is 3. The first-order chi connectivity index (χ1) is 23.2. The van der Waals surface area contributed by atoms with Crippen LogP contribution < -0.4 is 5.73 Å². The Hall–Kier alpha value is -4.53. The molecule has 0 radical (unpaired) electrons. The Morgan fingerprint density at radius 3 is 1.87 bits per heavy atom. The summed E-state index contributed by atoms with van der Waals surface area (Å²) < 4.78 is 87.9. The lowest BCUT2D eigenvalue weighted by atomic mass is 9.93. The number of aliphatic carboxylic acids is 1. The molecule has 0 bridgehead atoms. The number of hydrogen-bond donors (Lipinski definition) is 3. The molecule has 52 heavy (non-hydrogen) atoms. The third kappa shape index (κ3) is 16.7. The van der Waals surface area contributed by atoms with Crippen molar-refractivity contribution in [3.63, 3.8) is 0 Å². The molecule has 4 N–H and O–H groups in total. The molecule has 22 heteroatoms. The average Bonchev–Trinajstić information content (AvgIpc) is 3.38. The van der Waals surface area contributed by atoms with Crippen LogP contribution >= 0.6 is 12.4 Å². The van der Waals surface area contributed by atoms with E-state index in [1.54, 1.807) is 20.8 Å². The zero-order chi connectivity index (χ0) is 40.1. The van der Waals surface area contributed by atoms with Crippen molar-refractivity contribution in [2.75, 3.05) is 19.8 Å². The van der Waals surface area contributed by atoms with E-state index in [1.165, 1.54) is 13.8 Å². The second-order valence-electron chi connectivity index (χ2n) is 11.3. The zero-order valence-electron chi connectivity index (χ0n) is 28.9. The van der Waals surface area contributed by atoms with E-state index in [0.29, 0.717) is 12.8 Å². The van der Waals surface area contributed by atoms with Gasteiger partial charge in [-0.25, -0.2) is 19.3 Å². The normalized spacial score (nSPS) is 14.6. The summed E-state index contributed by atoms with van der Waals surface area (Å²) in [5.41, 5.74) is 1.97. The minimum atomic E-state index is -5.10. The van der Waals surface area contributed by atoms with Gasteiger partial charge in [0.15, 0.2) is 11.8 Å². The summed E-state index contributed by atoms with van der Waals surface area (Å²) in [5, 5.41) is 7.42. The van der Waals surface area contributed by atoms with Gasteiger partial charge in [0.2, 0.25) is 5.91 Å². The average molecular weight is 784 g/mol. The first kappa shape index (κ1) is 49.6. The molecule has 0 spiro atoms. The molecule has 2 heterocycles. The standard InChI is InChI=1S/C12H12F3NO3.C10H15NO4.C6H8F3NO3.C2H4O2.ClH/c1-2-19-11(18)10-9(12(13,14)15)8-6(16-10)4-3-5-7(8)17;1-10(2,3)15-9(14)11-5-4-7(12)6-8(11)13;1-2-13-5(12)3(10)4(11)6(7,8)9;1-2(3)4;/h16H,2-5H2,1H3;4-6H2,1-3H3;3H,2,10H2,1H3;1H3,(H,3,4);1H. The summed E-state index contributed by atoms with van der Waals surface area (Å²) in [7, 11) is 0. The van der Waals surface area contributed by atoms with Gasteiger partial charge in [-0.3, -0.25) is 24.0 Å². The molecule has 1 aromatic rings. The Morgan fingerprint density at radius 2 is 1.44 bits per heavy atom. The van der Waals surface area contributed by atoms with E-state index in [9.17, 15) is 59.9 Å². The van der Waals surface area contributed by atoms with Crippen molar-refractivity contribution in [3.05, 3.63) is 22.5 Å². The minimum absolute atomic E-state index is 0. The second kappa shape index (κ2) is 21.1. The number of aryl methyl sites for hydroxylation is 1. The SMILES string of the molecule is CC(=O)O.CC(C)(C)OC(=O)N1CCC(=O)CC1=O.CCOC(=O)C(N)C(=O)C(F)(F)F.CCOC(=O)c1[nH]c2c(c1C(F)(F)F)C(=O)CCC2.Cl. The number of nitrogens with two attached hydrogens (primary N) is 1. The number of esters is 2. The number of likely N-dealkylation sites (tertiary alicyclic amines) is 1. The third-order valence-electron chi connectivity index (χ3n) is 5.93. The van der Waals surface area contributed by atoms with Crippen molar-refractivity contribution in [1.29, 1.82) is 0 Å². The predicted molar refractivity (Wildman–Crippen MR) is 167 cm³/mol. The third-order valence-corrected chi connectivity index (χ3v) is 5.93. The molecule has 3 rings (SSSR count). The Kier molecular flexibility index (Phi) is 20.1. The molecule has 2 aliphatic rings. The Bertz CT molecular complexity index is 1460. The number of halogens is 7. The molecular formula is C30H40ClF6N3O12. The van der Waals surface area contributed by atoms with Gasteiger partial charge in [0, 0.05) is 32.0 Å². The number of imide groups is 1. The van der Waals surface area contributed by atoms with E-state index < -0.39 is 82.3 Å². The topological polar surface area (TPSA) is 230 Å². The van der Waals surface area contributed by atoms with Crippen LogP contribution in [0.25, 0.3) is 0 Å². The number of aromatic nitrogens is 1. The monoisotopic (exact) mass is 783 g/mol. The number of carboxylic acids is 1. The van der Waals surface area contributed by atoms with Crippen LogP contribution in [0.4, 0.5) is 31.1 Å². The number of fused-ring (bicyclic) bond motifs is 1. The second-order valence-corrected chi connectivity index (χ2v) is 11.3. The van der Waals surface area contributed by atoms with E-state index in [4.69, 9.17) is 14.6 Å². The Labute approximate surface area is 299 Å². The van der Waals surface area contributed by atoms with Gasteiger partial charge in [0.05, 0.1) is 30.8 Å². The van der Waals surface area contributed by atoms with Crippen molar-refractivity contribution in [3.8, 4) is 0 Å². The molecule has 0 saturated carbocycles. The van der Waals surface area contributed by atoms with Crippen LogP contribution in [-0.4, -0.2) is 99.8 Å². The molecule has 296 valence electrons. The number of H-pyrrole nitrogens is 1. The van der Waals surface area contributed by atoms with Gasteiger partial charge < -0.3 is 30.0 Å². The van der Waals surface area contributed by atoms with Gasteiger partial charge in [0.25, 0.3) is 11.8 Å². The number of carboxylic acid groups (broad SMARTS) is 1. The fraction of sp³-hybridized carbons (Fsp3) is 0.600. The minimum Gasteiger partial charge on any atom is -0.481 e. The van der Waals surface area contributed by atoms with Crippen LogP contribution in [0, 0.1) is 0 Å². The molecule has 1 atom stereocenters. The number of rotatable bonds is 5. The number of aromatic amines is 1. The fourth-order valence-electron chi connectivity index (χ4n) is 3.98. The van der Waals surface area contributed by atoms with Crippen LogP contribution in [0.5, 0.6) is 0 Å². The fourth-order valence-corrected chi connectivity index (χ4v) is 3.98. The van der Waals surface area contributed by atoms with Gasteiger partial charge in [0.1, 0.15) is 17.1 Å². The van der Waals surface area contributed by atoms with E-state index in [0.717, 1.165) is 11.8 Å². The molecule has 1 aromatic heterocycles. The highest BCUT2D eigenvalue weighted by atomic mass is 35.5. The lowest BCUT2D eigenvalue weighted by Gasteiger charge is -2.27. The van der Waals surface area contributed by atoms with Gasteiger partial charge in [-0.2, -0.15) is 26.3 Å². The van der Waals surface area contributed by atoms with Crippen molar-refractivity contribution in [1.82, 2.24) is 9.88 Å². The lowest BCUT2D eigenvalue weighted by Crippen LogP contribution is -2.46. The molecule has 2 amide bonds. The smallest absolute Gasteiger partial charge is 0.452 e. The zero-order valence-corrected chi connectivity index (χ0v) is 29.7. The maximum Gasteiger partial charge on any atom is 0.452 e. The largest absolute Gasteiger partial charge is 0.481 e. The number of Topliss-reactive ketones (excluding diaryl/α,β-unsaturated/α-hetero) is 3. The highest BCUT2D eigenvalue weighted by Gasteiger charge is 2.46.